The molecule has 3 heteroatoms. The summed E-state index contributed by atoms with van der Waals surface area (Å²) < 4.78 is 0. The smallest absolute Gasteiger partial charge is 0.223 e. The lowest BCUT2D eigenvalue weighted by Gasteiger charge is -2.13. The van der Waals surface area contributed by atoms with Crippen molar-refractivity contribution in [2.45, 2.75) is 45.1 Å². The number of carbonyl (C=O) groups is 1. The van der Waals surface area contributed by atoms with Crippen LogP contribution in [0.25, 0.3) is 5.57 Å². The Balaban J connectivity index is 1.58. The van der Waals surface area contributed by atoms with Crippen molar-refractivity contribution in [1.29, 1.82) is 0 Å². The van der Waals surface area contributed by atoms with Crippen LogP contribution in [-0.2, 0) is 11.3 Å². The SMILES string of the molecule is O=C(NCc1ccc(C2=CCCC=C2S)cc1)C1CCCC1. The minimum atomic E-state index is 0.220. The third kappa shape index (κ3) is 3.64. The number of allylic oxidation sites excluding steroid dienone is 3. The molecule has 0 unspecified atom stereocenters. The molecule has 1 N–H and O–H groups in total. The highest BCUT2D eigenvalue weighted by molar-refractivity contribution is 7.85. The lowest BCUT2D eigenvalue weighted by molar-refractivity contribution is -0.124. The molecule has 22 heavy (non-hydrogen) atoms. The monoisotopic (exact) mass is 313 g/mol. The Labute approximate surface area is 138 Å². The highest BCUT2D eigenvalue weighted by Gasteiger charge is 2.22. The highest BCUT2D eigenvalue weighted by atomic mass is 32.1. The van der Waals surface area contributed by atoms with E-state index >= 15 is 0 Å². The first-order chi connectivity index (χ1) is 10.7. The van der Waals surface area contributed by atoms with E-state index < -0.39 is 0 Å². The van der Waals surface area contributed by atoms with Crippen LogP contribution in [0.3, 0.4) is 0 Å². The first kappa shape index (κ1) is 15.4. The molecule has 1 amide bonds. The molecule has 1 aromatic rings. The van der Waals surface area contributed by atoms with Crippen LogP contribution < -0.4 is 5.32 Å². The Kier molecular flexibility index (Phi) is 5.04. The average molecular weight is 313 g/mol. The second-order valence-corrected chi connectivity index (χ2v) is 6.66. The average Bonchev–Trinajstić information content (AvgIpc) is 3.08. The standard InChI is InChI=1S/C19H23NOS/c21-19(16-5-1-2-6-16)20-13-14-9-11-15(12-10-14)17-7-3-4-8-18(17)22/h7-12,16,22H,1-6,13H2,(H,20,21). The van der Waals surface area contributed by atoms with Gasteiger partial charge in [-0.25, -0.2) is 0 Å². The van der Waals surface area contributed by atoms with Gasteiger partial charge in [-0.3, -0.25) is 4.79 Å². The zero-order valence-electron chi connectivity index (χ0n) is 12.8. The summed E-state index contributed by atoms with van der Waals surface area (Å²) in [5, 5.41) is 3.07. The van der Waals surface area contributed by atoms with E-state index in [1.54, 1.807) is 0 Å². The second-order valence-electron chi connectivity index (χ2n) is 6.18. The number of benzene rings is 1. The fourth-order valence-corrected chi connectivity index (χ4v) is 3.60. The van der Waals surface area contributed by atoms with Crippen LogP contribution >= 0.6 is 12.6 Å². The summed E-state index contributed by atoms with van der Waals surface area (Å²) >= 11 is 4.55. The van der Waals surface area contributed by atoms with Crippen molar-refractivity contribution in [2.24, 2.45) is 5.92 Å². The van der Waals surface area contributed by atoms with Crippen LogP contribution in [0, 0.1) is 5.92 Å². The number of carbonyl (C=O) groups excluding carboxylic acids is 1. The van der Waals surface area contributed by atoms with Crippen LogP contribution in [0.4, 0.5) is 0 Å². The van der Waals surface area contributed by atoms with Crippen LogP contribution in [0.2, 0.25) is 0 Å². The quantitative estimate of drug-likeness (QED) is 0.788. The summed E-state index contributed by atoms with van der Waals surface area (Å²) in [6, 6.07) is 8.44. The summed E-state index contributed by atoms with van der Waals surface area (Å²) in [7, 11) is 0. The molecule has 1 saturated carbocycles. The van der Waals surface area contributed by atoms with Crippen LogP contribution in [-0.4, -0.2) is 5.91 Å². The van der Waals surface area contributed by atoms with Gasteiger partial charge in [0.15, 0.2) is 0 Å². The molecule has 0 aromatic heterocycles. The molecule has 2 nitrogen and oxygen atoms in total. The zero-order valence-corrected chi connectivity index (χ0v) is 13.7. The number of thiol groups is 1. The predicted octanol–water partition coefficient (Wildman–Crippen LogP) is 4.48. The highest BCUT2D eigenvalue weighted by Crippen LogP contribution is 2.30. The van der Waals surface area contributed by atoms with Crippen LogP contribution in [0.5, 0.6) is 0 Å². The van der Waals surface area contributed by atoms with Crippen molar-refractivity contribution in [1.82, 2.24) is 5.32 Å². The molecule has 1 aromatic carbocycles. The van der Waals surface area contributed by atoms with Crippen molar-refractivity contribution in [3.63, 3.8) is 0 Å². The van der Waals surface area contributed by atoms with Gasteiger partial charge in [0, 0.05) is 17.4 Å². The Bertz CT molecular complexity index is 594. The molecular formula is C19H23NOS. The predicted molar refractivity (Wildman–Crippen MR) is 94.5 cm³/mol. The van der Waals surface area contributed by atoms with Gasteiger partial charge in [-0.1, -0.05) is 49.3 Å². The number of nitrogens with one attached hydrogen (secondary N) is 1. The van der Waals surface area contributed by atoms with Crippen molar-refractivity contribution in [2.75, 3.05) is 0 Å². The summed E-state index contributed by atoms with van der Waals surface area (Å²) in [6.45, 7) is 0.623. The maximum Gasteiger partial charge on any atom is 0.223 e. The van der Waals surface area contributed by atoms with E-state index in [1.807, 2.05) is 0 Å². The molecule has 1 fully saturated rings. The van der Waals surface area contributed by atoms with Crippen molar-refractivity contribution >= 4 is 24.1 Å². The van der Waals surface area contributed by atoms with E-state index in [9.17, 15) is 4.79 Å². The molecule has 3 rings (SSSR count). The first-order valence-corrected chi connectivity index (χ1v) is 8.65. The van der Waals surface area contributed by atoms with E-state index in [4.69, 9.17) is 0 Å². The van der Waals surface area contributed by atoms with E-state index in [-0.39, 0.29) is 11.8 Å². The molecule has 0 heterocycles. The van der Waals surface area contributed by atoms with E-state index in [0.717, 1.165) is 36.2 Å². The van der Waals surface area contributed by atoms with Gasteiger partial charge in [-0.2, -0.15) is 0 Å². The van der Waals surface area contributed by atoms with Crippen LogP contribution in [0.15, 0.2) is 41.3 Å². The number of hydrogen-bond donors (Lipinski definition) is 2. The van der Waals surface area contributed by atoms with Gasteiger partial charge in [0.1, 0.15) is 0 Å². The maximum atomic E-state index is 12.0. The molecule has 0 saturated heterocycles. The van der Waals surface area contributed by atoms with Crippen LogP contribution in [0.1, 0.15) is 49.7 Å². The van der Waals surface area contributed by atoms with Gasteiger partial charge in [-0.05, 0) is 42.4 Å². The molecular weight excluding hydrogens is 290 g/mol. The Morgan fingerprint density at radius 2 is 1.77 bits per heavy atom. The molecule has 0 aliphatic heterocycles. The van der Waals surface area contributed by atoms with Gasteiger partial charge >= 0.3 is 0 Å². The third-order valence-corrected chi connectivity index (χ3v) is 5.01. The first-order valence-electron chi connectivity index (χ1n) is 8.21. The molecule has 116 valence electrons. The van der Waals surface area contributed by atoms with Crippen molar-refractivity contribution in [3.8, 4) is 0 Å². The van der Waals surface area contributed by atoms with Crippen molar-refractivity contribution in [3.05, 3.63) is 52.4 Å². The second kappa shape index (κ2) is 7.19. The normalized spacial score (nSPS) is 18.8. The lowest BCUT2D eigenvalue weighted by Crippen LogP contribution is -2.28. The molecule has 2 aliphatic carbocycles. The fraction of sp³-hybridized carbons (Fsp3) is 0.421. The van der Waals surface area contributed by atoms with Gasteiger partial charge in [0.25, 0.3) is 0 Å². The molecule has 0 atom stereocenters. The summed E-state index contributed by atoms with van der Waals surface area (Å²) in [5.74, 6) is 0.459. The van der Waals surface area contributed by atoms with Gasteiger partial charge in [0.2, 0.25) is 5.91 Å². The largest absolute Gasteiger partial charge is 0.352 e. The van der Waals surface area contributed by atoms with Gasteiger partial charge < -0.3 is 5.32 Å². The van der Waals surface area contributed by atoms with Gasteiger partial charge in [-0.15, -0.1) is 12.6 Å². The van der Waals surface area contributed by atoms with Crippen molar-refractivity contribution < 1.29 is 4.79 Å². The minimum absolute atomic E-state index is 0.220. The lowest BCUT2D eigenvalue weighted by atomic mass is 9.98. The number of hydrogen-bond acceptors (Lipinski definition) is 2. The zero-order chi connectivity index (χ0) is 15.4. The fourth-order valence-electron chi connectivity index (χ4n) is 3.25. The minimum Gasteiger partial charge on any atom is -0.352 e. The molecule has 0 bridgehead atoms. The Morgan fingerprint density at radius 1 is 1.09 bits per heavy atom. The number of amides is 1. The summed E-state index contributed by atoms with van der Waals surface area (Å²) in [6.07, 6.45) is 11.1. The van der Waals surface area contributed by atoms with Gasteiger partial charge in [0.05, 0.1) is 0 Å². The summed E-state index contributed by atoms with van der Waals surface area (Å²) in [4.78, 5) is 13.1. The third-order valence-electron chi connectivity index (χ3n) is 4.59. The molecule has 2 aliphatic rings. The molecule has 0 radical (unpaired) electrons. The van der Waals surface area contributed by atoms with E-state index in [2.05, 4.69) is 54.4 Å². The molecule has 0 spiro atoms. The number of rotatable bonds is 4. The Morgan fingerprint density at radius 3 is 2.45 bits per heavy atom. The maximum absolute atomic E-state index is 12.0. The van der Waals surface area contributed by atoms with E-state index in [1.165, 1.54) is 24.0 Å². The summed E-state index contributed by atoms with van der Waals surface area (Å²) in [5.41, 5.74) is 3.57. The van der Waals surface area contributed by atoms with E-state index in [0.29, 0.717) is 6.54 Å². The topological polar surface area (TPSA) is 29.1 Å². The Hall–Kier alpha value is -1.48.